The Morgan fingerprint density at radius 2 is 2.12 bits per heavy atom. The highest BCUT2D eigenvalue weighted by Crippen LogP contribution is 2.38. The highest BCUT2D eigenvalue weighted by atomic mass is 16.5. The zero-order valence-corrected chi connectivity index (χ0v) is 11.1. The number of fused-ring (bicyclic) bond motifs is 1. The molecule has 0 amide bonds. The van der Waals surface area contributed by atoms with E-state index in [9.17, 15) is 0 Å². The van der Waals surface area contributed by atoms with Gasteiger partial charge < -0.3 is 10.5 Å². The van der Waals surface area contributed by atoms with Crippen LogP contribution < -0.4 is 5.73 Å². The molecule has 1 aliphatic rings. The Balaban J connectivity index is 1.89. The third-order valence-corrected chi connectivity index (χ3v) is 4.04. The van der Waals surface area contributed by atoms with Crippen LogP contribution in [-0.2, 0) is 11.2 Å². The summed E-state index contributed by atoms with van der Waals surface area (Å²) >= 11 is 0. The molecule has 0 aromatic heterocycles. The summed E-state index contributed by atoms with van der Waals surface area (Å²) in [4.78, 5) is 0. The molecule has 0 radical (unpaired) electrons. The number of hydrogen-bond acceptors (Lipinski definition) is 2. The fourth-order valence-corrected chi connectivity index (χ4v) is 2.50. The minimum atomic E-state index is -0.0547. The molecule has 1 aromatic carbocycles. The number of benzene rings is 1. The zero-order chi connectivity index (χ0) is 12.5. The van der Waals surface area contributed by atoms with Gasteiger partial charge in [0.25, 0.3) is 0 Å². The molecule has 2 N–H and O–H groups in total. The molecule has 2 rings (SSSR count). The summed E-state index contributed by atoms with van der Waals surface area (Å²) in [6.07, 6.45) is 3.19. The van der Waals surface area contributed by atoms with E-state index in [1.165, 1.54) is 11.1 Å². The van der Waals surface area contributed by atoms with E-state index in [1.54, 1.807) is 7.11 Å². The van der Waals surface area contributed by atoms with Crippen LogP contribution in [0.4, 0.5) is 0 Å². The molecule has 2 nitrogen and oxygen atoms in total. The fourth-order valence-electron chi connectivity index (χ4n) is 2.50. The number of ether oxygens (including phenoxy) is 1. The number of methoxy groups -OCH3 is 1. The molecule has 1 aromatic rings. The monoisotopic (exact) mass is 233 g/mol. The maximum atomic E-state index is 6.30. The number of rotatable bonds is 5. The minimum Gasteiger partial charge on any atom is -0.379 e. The third-order valence-electron chi connectivity index (χ3n) is 4.04. The molecule has 0 fully saturated rings. The van der Waals surface area contributed by atoms with Crippen LogP contribution in [-0.4, -0.2) is 18.8 Å². The highest BCUT2D eigenvalue weighted by molar-refractivity contribution is 5.41. The van der Waals surface area contributed by atoms with E-state index in [1.807, 2.05) is 0 Å². The first-order valence-corrected chi connectivity index (χ1v) is 6.42. The topological polar surface area (TPSA) is 35.2 Å². The van der Waals surface area contributed by atoms with Crippen molar-refractivity contribution >= 4 is 0 Å². The van der Waals surface area contributed by atoms with Gasteiger partial charge in [-0.1, -0.05) is 24.3 Å². The first-order chi connectivity index (χ1) is 8.03. The van der Waals surface area contributed by atoms with Gasteiger partial charge in [-0.05, 0) is 44.2 Å². The van der Waals surface area contributed by atoms with Gasteiger partial charge in [0, 0.05) is 19.1 Å². The van der Waals surface area contributed by atoms with Gasteiger partial charge >= 0.3 is 0 Å². The molecule has 0 aliphatic heterocycles. The Bertz CT molecular complexity index is 386. The van der Waals surface area contributed by atoms with Crippen molar-refractivity contribution in [1.29, 1.82) is 0 Å². The minimum absolute atomic E-state index is 0.0547. The molecule has 1 aliphatic carbocycles. The smallest absolute Gasteiger partial charge is 0.0623 e. The molecule has 0 spiro atoms. The van der Waals surface area contributed by atoms with Crippen molar-refractivity contribution in [3.8, 4) is 0 Å². The molecule has 0 saturated carbocycles. The van der Waals surface area contributed by atoms with Crippen molar-refractivity contribution in [2.24, 2.45) is 5.73 Å². The molecule has 2 heteroatoms. The quantitative estimate of drug-likeness (QED) is 0.848. The van der Waals surface area contributed by atoms with Gasteiger partial charge in [0.05, 0.1) is 5.60 Å². The van der Waals surface area contributed by atoms with E-state index in [0.717, 1.165) is 19.3 Å². The summed E-state index contributed by atoms with van der Waals surface area (Å²) < 4.78 is 5.43. The summed E-state index contributed by atoms with van der Waals surface area (Å²) in [6, 6.07) is 8.90. The lowest BCUT2D eigenvalue weighted by Gasteiger charge is -2.36. The maximum absolute atomic E-state index is 6.30. The van der Waals surface area contributed by atoms with E-state index in [2.05, 4.69) is 38.1 Å². The molecule has 17 heavy (non-hydrogen) atoms. The van der Waals surface area contributed by atoms with E-state index < -0.39 is 0 Å². The molecule has 2 atom stereocenters. The Kier molecular flexibility index (Phi) is 3.55. The van der Waals surface area contributed by atoms with E-state index >= 15 is 0 Å². The van der Waals surface area contributed by atoms with Crippen LogP contribution in [0.2, 0.25) is 0 Å². The van der Waals surface area contributed by atoms with Crippen molar-refractivity contribution in [3.05, 3.63) is 35.4 Å². The summed E-state index contributed by atoms with van der Waals surface area (Å²) in [7, 11) is 1.77. The first kappa shape index (κ1) is 12.6. The van der Waals surface area contributed by atoms with E-state index in [-0.39, 0.29) is 11.6 Å². The summed E-state index contributed by atoms with van der Waals surface area (Å²) in [6.45, 7) is 4.24. The van der Waals surface area contributed by atoms with Gasteiger partial charge in [-0.2, -0.15) is 0 Å². The predicted molar refractivity (Wildman–Crippen MR) is 71.2 cm³/mol. The highest BCUT2D eigenvalue weighted by Gasteiger charge is 2.31. The SMILES string of the molecule is COC(C)(C)CCC(N)C1Cc2ccccc21. The second kappa shape index (κ2) is 4.79. The molecular weight excluding hydrogens is 210 g/mol. The van der Waals surface area contributed by atoms with Crippen LogP contribution in [0.1, 0.15) is 43.7 Å². The maximum Gasteiger partial charge on any atom is 0.0623 e. The largest absolute Gasteiger partial charge is 0.379 e. The van der Waals surface area contributed by atoms with Crippen LogP contribution in [0.25, 0.3) is 0 Å². The summed E-state index contributed by atoms with van der Waals surface area (Å²) in [5.74, 6) is 0.554. The van der Waals surface area contributed by atoms with Crippen molar-refractivity contribution in [3.63, 3.8) is 0 Å². The number of nitrogens with two attached hydrogens (primary N) is 1. The lowest BCUT2D eigenvalue weighted by molar-refractivity contribution is 0.0118. The summed E-state index contributed by atoms with van der Waals surface area (Å²) in [5.41, 5.74) is 9.17. The van der Waals surface area contributed by atoms with Crippen LogP contribution in [0.5, 0.6) is 0 Å². The average Bonchev–Trinajstić information content (AvgIpc) is 2.28. The average molecular weight is 233 g/mol. The molecule has 94 valence electrons. The van der Waals surface area contributed by atoms with Gasteiger partial charge in [-0.25, -0.2) is 0 Å². The van der Waals surface area contributed by atoms with Crippen LogP contribution in [0.15, 0.2) is 24.3 Å². The Morgan fingerprint density at radius 1 is 1.41 bits per heavy atom. The molecule has 0 saturated heterocycles. The first-order valence-electron chi connectivity index (χ1n) is 6.42. The Morgan fingerprint density at radius 3 is 2.76 bits per heavy atom. The summed E-state index contributed by atoms with van der Waals surface area (Å²) in [5, 5.41) is 0. The standard InChI is InChI=1S/C15H23NO/c1-15(2,17-3)9-8-14(16)13-10-11-6-4-5-7-12(11)13/h4-7,13-14H,8-10,16H2,1-3H3. The molecular formula is C15H23NO. The molecule has 0 heterocycles. The van der Waals surface area contributed by atoms with E-state index in [0.29, 0.717) is 5.92 Å². The number of hydrogen-bond donors (Lipinski definition) is 1. The van der Waals surface area contributed by atoms with Gasteiger partial charge in [0.2, 0.25) is 0 Å². The molecule has 0 bridgehead atoms. The Hall–Kier alpha value is -0.860. The van der Waals surface area contributed by atoms with Gasteiger partial charge in [-0.3, -0.25) is 0 Å². The van der Waals surface area contributed by atoms with Crippen molar-refractivity contribution in [2.75, 3.05) is 7.11 Å². The van der Waals surface area contributed by atoms with E-state index in [4.69, 9.17) is 10.5 Å². The van der Waals surface area contributed by atoms with Crippen LogP contribution in [0, 0.1) is 0 Å². The van der Waals surface area contributed by atoms with Crippen LogP contribution in [0.3, 0.4) is 0 Å². The van der Waals surface area contributed by atoms with Crippen molar-refractivity contribution in [1.82, 2.24) is 0 Å². The second-order valence-corrected chi connectivity index (χ2v) is 5.68. The van der Waals surface area contributed by atoms with Gasteiger partial charge in [-0.15, -0.1) is 0 Å². The van der Waals surface area contributed by atoms with Gasteiger partial charge in [0.1, 0.15) is 0 Å². The normalized spacial score (nSPS) is 20.6. The van der Waals surface area contributed by atoms with Crippen LogP contribution >= 0.6 is 0 Å². The molecule has 2 unspecified atom stereocenters. The predicted octanol–water partition coefficient (Wildman–Crippen LogP) is 2.86. The van der Waals surface area contributed by atoms with Crippen molar-refractivity contribution in [2.45, 2.75) is 50.7 Å². The second-order valence-electron chi connectivity index (χ2n) is 5.68. The lowest BCUT2D eigenvalue weighted by Crippen LogP contribution is -2.37. The lowest BCUT2D eigenvalue weighted by atomic mass is 9.72. The van der Waals surface area contributed by atoms with Gasteiger partial charge in [0.15, 0.2) is 0 Å². The third kappa shape index (κ3) is 2.70. The zero-order valence-electron chi connectivity index (χ0n) is 11.1. The Labute approximate surface area is 104 Å². The fraction of sp³-hybridized carbons (Fsp3) is 0.600. The van der Waals surface area contributed by atoms with Crippen molar-refractivity contribution < 1.29 is 4.74 Å².